The number of hydrogen-bond acceptors (Lipinski definition) is 3. The maximum Gasteiger partial charge on any atom is 0.327 e. The Balaban J connectivity index is 2.12. The molecule has 0 amide bonds. The van der Waals surface area contributed by atoms with Crippen LogP contribution in [-0.4, -0.2) is 13.1 Å². The van der Waals surface area contributed by atoms with E-state index in [0.717, 1.165) is 11.1 Å². The van der Waals surface area contributed by atoms with Crippen molar-refractivity contribution in [3.63, 3.8) is 0 Å². The molecule has 0 aliphatic carbocycles. The first-order valence-electron chi connectivity index (χ1n) is 6.73. The van der Waals surface area contributed by atoms with Crippen molar-refractivity contribution in [2.75, 3.05) is 7.11 Å². The second kappa shape index (κ2) is 6.99. The standard InChI is InChI=1S/C17H18FNO2/c1-12-10-13(8-9-15(12)18)11-19-16(17(20)21-2)14-6-4-3-5-7-14/h3-10,16,19H,11H2,1-2H3. The van der Waals surface area contributed by atoms with Crippen LogP contribution in [0.1, 0.15) is 22.7 Å². The first-order chi connectivity index (χ1) is 10.1. The maximum absolute atomic E-state index is 13.3. The molecule has 0 fully saturated rings. The lowest BCUT2D eigenvalue weighted by atomic mass is 10.1. The van der Waals surface area contributed by atoms with Gasteiger partial charge in [-0.3, -0.25) is 5.32 Å². The average molecular weight is 287 g/mol. The van der Waals surface area contributed by atoms with Crippen LogP contribution >= 0.6 is 0 Å². The molecular formula is C17H18FNO2. The molecule has 0 aliphatic rings. The Bertz CT molecular complexity index is 613. The number of benzene rings is 2. The third-order valence-electron chi connectivity index (χ3n) is 3.30. The summed E-state index contributed by atoms with van der Waals surface area (Å²) in [5.41, 5.74) is 2.34. The van der Waals surface area contributed by atoms with Crippen molar-refractivity contribution in [3.05, 3.63) is 71.0 Å². The van der Waals surface area contributed by atoms with E-state index >= 15 is 0 Å². The van der Waals surface area contributed by atoms with E-state index in [1.807, 2.05) is 30.3 Å². The van der Waals surface area contributed by atoms with E-state index in [1.54, 1.807) is 19.1 Å². The van der Waals surface area contributed by atoms with Crippen LogP contribution in [0.3, 0.4) is 0 Å². The molecule has 2 aromatic rings. The van der Waals surface area contributed by atoms with Gasteiger partial charge < -0.3 is 4.74 Å². The van der Waals surface area contributed by atoms with Crippen molar-refractivity contribution < 1.29 is 13.9 Å². The molecule has 21 heavy (non-hydrogen) atoms. The second-order valence-electron chi connectivity index (χ2n) is 4.83. The summed E-state index contributed by atoms with van der Waals surface area (Å²) in [6.07, 6.45) is 0. The van der Waals surface area contributed by atoms with Gasteiger partial charge in [0.2, 0.25) is 0 Å². The summed E-state index contributed by atoms with van der Waals surface area (Å²) >= 11 is 0. The van der Waals surface area contributed by atoms with Crippen LogP contribution in [0.25, 0.3) is 0 Å². The second-order valence-corrected chi connectivity index (χ2v) is 4.83. The molecule has 1 unspecified atom stereocenters. The zero-order chi connectivity index (χ0) is 15.2. The monoisotopic (exact) mass is 287 g/mol. The molecule has 4 heteroatoms. The van der Waals surface area contributed by atoms with Gasteiger partial charge in [-0.15, -0.1) is 0 Å². The van der Waals surface area contributed by atoms with Crippen molar-refractivity contribution in [2.24, 2.45) is 0 Å². The van der Waals surface area contributed by atoms with Crippen molar-refractivity contribution >= 4 is 5.97 Å². The minimum atomic E-state index is -0.540. The fourth-order valence-corrected chi connectivity index (χ4v) is 2.14. The largest absolute Gasteiger partial charge is 0.468 e. The number of carbonyl (C=O) groups excluding carboxylic acids is 1. The normalized spacial score (nSPS) is 12.0. The number of carbonyl (C=O) groups is 1. The minimum Gasteiger partial charge on any atom is -0.468 e. The highest BCUT2D eigenvalue weighted by molar-refractivity contribution is 5.77. The van der Waals surface area contributed by atoms with Gasteiger partial charge in [0.25, 0.3) is 0 Å². The van der Waals surface area contributed by atoms with Crippen molar-refractivity contribution in [1.82, 2.24) is 5.32 Å². The molecule has 110 valence electrons. The summed E-state index contributed by atoms with van der Waals surface area (Å²) in [6, 6.07) is 13.7. The molecule has 0 saturated carbocycles. The maximum atomic E-state index is 13.3. The first kappa shape index (κ1) is 15.2. The number of hydrogen-bond donors (Lipinski definition) is 1. The predicted molar refractivity (Wildman–Crippen MR) is 79.2 cm³/mol. The molecule has 0 spiro atoms. The zero-order valence-corrected chi connectivity index (χ0v) is 12.1. The average Bonchev–Trinajstić information content (AvgIpc) is 2.51. The van der Waals surface area contributed by atoms with Gasteiger partial charge in [0, 0.05) is 6.54 Å². The number of rotatable bonds is 5. The molecule has 2 aromatic carbocycles. The van der Waals surface area contributed by atoms with Crippen LogP contribution in [0, 0.1) is 12.7 Å². The van der Waals surface area contributed by atoms with Gasteiger partial charge in [0.15, 0.2) is 0 Å². The fraction of sp³-hybridized carbons (Fsp3) is 0.235. The van der Waals surface area contributed by atoms with Crippen LogP contribution in [0.2, 0.25) is 0 Å². The predicted octanol–water partition coefficient (Wildman–Crippen LogP) is 3.14. The highest BCUT2D eigenvalue weighted by Gasteiger charge is 2.20. The quantitative estimate of drug-likeness (QED) is 0.859. The summed E-state index contributed by atoms with van der Waals surface area (Å²) in [5, 5.41) is 3.15. The summed E-state index contributed by atoms with van der Waals surface area (Å²) in [7, 11) is 1.36. The molecule has 0 aromatic heterocycles. The highest BCUT2D eigenvalue weighted by atomic mass is 19.1. The van der Waals surface area contributed by atoms with Crippen LogP contribution < -0.4 is 5.32 Å². The summed E-state index contributed by atoms with van der Waals surface area (Å²) in [6.45, 7) is 2.17. The highest BCUT2D eigenvalue weighted by Crippen LogP contribution is 2.16. The molecule has 0 heterocycles. The van der Waals surface area contributed by atoms with Crippen LogP contribution in [0.5, 0.6) is 0 Å². The van der Waals surface area contributed by atoms with E-state index in [0.29, 0.717) is 12.1 Å². The molecule has 2 rings (SSSR count). The lowest BCUT2D eigenvalue weighted by Gasteiger charge is -2.17. The number of ether oxygens (including phenoxy) is 1. The molecule has 1 atom stereocenters. The Hall–Kier alpha value is -2.20. The molecule has 0 bridgehead atoms. The van der Waals surface area contributed by atoms with Gasteiger partial charge in [-0.2, -0.15) is 0 Å². The number of nitrogens with one attached hydrogen (secondary N) is 1. The van der Waals surface area contributed by atoms with E-state index in [1.165, 1.54) is 13.2 Å². The van der Waals surface area contributed by atoms with E-state index < -0.39 is 6.04 Å². The van der Waals surface area contributed by atoms with Gasteiger partial charge in [-0.25, -0.2) is 9.18 Å². The Morgan fingerprint density at radius 3 is 2.57 bits per heavy atom. The van der Waals surface area contributed by atoms with E-state index in [4.69, 9.17) is 4.74 Å². The minimum absolute atomic E-state index is 0.230. The molecule has 0 saturated heterocycles. The molecule has 3 nitrogen and oxygen atoms in total. The van der Waals surface area contributed by atoms with Crippen LogP contribution in [-0.2, 0) is 16.1 Å². The molecule has 1 N–H and O–H groups in total. The van der Waals surface area contributed by atoms with Crippen molar-refractivity contribution in [2.45, 2.75) is 19.5 Å². The lowest BCUT2D eigenvalue weighted by Crippen LogP contribution is -2.29. The SMILES string of the molecule is COC(=O)C(NCc1ccc(F)c(C)c1)c1ccccc1. The number of halogens is 1. The number of methoxy groups -OCH3 is 1. The molecule has 0 radical (unpaired) electrons. The van der Waals surface area contributed by atoms with Gasteiger partial charge >= 0.3 is 5.97 Å². The Labute approximate surface area is 123 Å². The Kier molecular flexibility index (Phi) is 5.06. The van der Waals surface area contributed by atoms with Crippen LogP contribution in [0.4, 0.5) is 4.39 Å². The van der Waals surface area contributed by atoms with Gasteiger partial charge in [0.1, 0.15) is 11.9 Å². The van der Waals surface area contributed by atoms with Gasteiger partial charge in [0.05, 0.1) is 7.11 Å². The topological polar surface area (TPSA) is 38.3 Å². The smallest absolute Gasteiger partial charge is 0.327 e. The van der Waals surface area contributed by atoms with E-state index in [-0.39, 0.29) is 11.8 Å². The van der Waals surface area contributed by atoms with E-state index in [9.17, 15) is 9.18 Å². The summed E-state index contributed by atoms with van der Waals surface area (Å²) < 4.78 is 18.1. The van der Waals surface area contributed by atoms with E-state index in [2.05, 4.69) is 5.32 Å². The zero-order valence-electron chi connectivity index (χ0n) is 12.1. The third-order valence-corrected chi connectivity index (χ3v) is 3.30. The van der Waals surface area contributed by atoms with Crippen molar-refractivity contribution in [3.8, 4) is 0 Å². The van der Waals surface area contributed by atoms with Crippen molar-refractivity contribution in [1.29, 1.82) is 0 Å². The number of esters is 1. The molecule has 0 aliphatic heterocycles. The lowest BCUT2D eigenvalue weighted by molar-refractivity contribution is -0.143. The Morgan fingerprint density at radius 2 is 1.95 bits per heavy atom. The summed E-state index contributed by atoms with van der Waals surface area (Å²) in [5.74, 6) is -0.577. The first-order valence-corrected chi connectivity index (χ1v) is 6.73. The fourth-order valence-electron chi connectivity index (χ4n) is 2.14. The van der Waals surface area contributed by atoms with Gasteiger partial charge in [-0.1, -0.05) is 42.5 Å². The summed E-state index contributed by atoms with van der Waals surface area (Å²) in [4.78, 5) is 11.9. The molecular weight excluding hydrogens is 269 g/mol. The Morgan fingerprint density at radius 1 is 1.24 bits per heavy atom. The third kappa shape index (κ3) is 3.89. The number of aryl methyl sites for hydroxylation is 1. The van der Waals surface area contributed by atoms with Gasteiger partial charge in [-0.05, 0) is 29.7 Å². The van der Waals surface area contributed by atoms with Crippen LogP contribution in [0.15, 0.2) is 48.5 Å².